The van der Waals surface area contributed by atoms with Crippen LogP contribution in [0.15, 0.2) is 0 Å². The molecule has 2 N–H and O–H groups in total. The zero-order valence-corrected chi connectivity index (χ0v) is 12.7. The first kappa shape index (κ1) is 15.1. The van der Waals surface area contributed by atoms with Crippen LogP contribution in [0.4, 0.5) is 11.6 Å². The van der Waals surface area contributed by atoms with E-state index >= 15 is 0 Å². The monoisotopic (exact) mass is 268 g/mol. The largest absolute Gasteiger partial charge is 0.370 e. The van der Waals surface area contributed by atoms with E-state index in [1.165, 1.54) is 5.75 Å². The maximum absolute atomic E-state index is 4.56. The zero-order chi connectivity index (χ0) is 13.4. The molecule has 0 aliphatic rings. The summed E-state index contributed by atoms with van der Waals surface area (Å²) in [6.45, 7) is 8.07. The smallest absolute Gasteiger partial charge is 0.134 e. The second kappa shape index (κ2) is 8.19. The number of hydrogen-bond donors (Lipinski definition) is 2. The number of nitrogens with one attached hydrogen (secondary N) is 2. The van der Waals surface area contributed by atoms with Gasteiger partial charge in [-0.2, -0.15) is 11.8 Å². The number of aryl methyl sites for hydroxylation is 1. The highest BCUT2D eigenvalue weighted by molar-refractivity contribution is 7.98. The molecule has 0 radical (unpaired) electrons. The van der Waals surface area contributed by atoms with Crippen LogP contribution in [0.2, 0.25) is 0 Å². The Morgan fingerprint density at radius 2 is 1.78 bits per heavy atom. The normalized spacial score (nSPS) is 10.4. The van der Waals surface area contributed by atoms with Gasteiger partial charge in [0.2, 0.25) is 0 Å². The summed E-state index contributed by atoms with van der Waals surface area (Å²) in [5.41, 5.74) is 1.11. The quantitative estimate of drug-likeness (QED) is 0.710. The summed E-state index contributed by atoms with van der Waals surface area (Å²) >= 11 is 1.87. The van der Waals surface area contributed by atoms with Gasteiger partial charge < -0.3 is 10.6 Å². The lowest BCUT2D eigenvalue weighted by Gasteiger charge is -2.14. The van der Waals surface area contributed by atoms with Gasteiger partial charge in [0.05, 0.1) is 0 Å². The predicted molar refractivity (Wildman–Crippen MR) is 81.8 cm³/mol. The second-order valence-electron chi connectivity index (χ2n) is 4.12. The molecular formula is C13H24N4S. The topological polar surface area (TPSA) is 49.8 Å². The highest BCUT2D eigenvalue weighted by Gasteiger charge is 2.08. The standard InChI is InChI=1S/C13H24N4S/c1-5-11-16-12(14-6-2)10(3)13(17-11)15-8-7-9-18-4/h5-9H2,1-4H3,(H2,14,15,16,17). The second-order valence-corrected chi connectivity index (χ2v) is 5.10. The first-order valence-electron chi connectivity index (χ1n) is 6.57. The highest BCUT2D eigenvalue weighted by atomic mass is 32.2. The highest BCUT2D eigenvalue weighted by Crippen LogP contribution is 2.20. The summed E-state index contributed by atoms with van der Waals surface area (Å²) in [7, 11) is 0. The van der Waals surface area contributed by atoms with Crippen LogP contribution >= 0.6 is 11.8 Å². The van der Waals surface area contributed by atoms with Gasteiger partial charge in [-0.1, -0.05) is 6.92 Å². The van der Waals surface area contributed by atoms with Crippen LogP contribution in [0.1, 0.15) is 31.7 Å². The summed E-state index contributed by atoms with van der Waals surface area (Å²) in [5.74, 6) is 4.00. The van der Waals surface area contributed by atoms with Gasteiger partial charge in [-0.25, -0.2) is 9.97 Å². The van der Waals surface area contributed by atoms with Gasteiger partial charge in [-0.3, -0.25) is 0 Å². The fourth-order valence-electron chi connectivity index (χ4n) is 1.66. The summed E-state index contributed by atoms with van der Waals surface area (Å²) in [5, 5.41) is 6.71. The van der Waals surface area contributed by atoms with Crippen molar-refractivity contribution < 1.29 is 0 Å². The van der Waals surface area contributed by atoms with E-state index in [1.54, 1.807) is 0 Å². The average Bonchev–Trinajstić information content (AvgIpc) is 2.38. The van der Waals surface area contributed by atoms with Crippen molar-refractivity contribution >= 4 is 23.4 Å². The van der Waals surface area contributed by atoms with Crippen LogP contribution in [0, 0.1) is 6.92 Å². The van der Waals surface area contributed by atoms with Gasteiger partial charge in [-0.15, -0.1) is 0 Å². The maximum Gasteiger partial charge on any atom is 0.134 e. The molecule has 0 unspecified atom stereocenters. The molecule has 1 aromatic rings. The van der Waals surface area contributed by atoms with Crippen LogP contribution < -0.4 is 10.6 Å². The average molecular weight is 268 g/mol. The lowest BCUT2D eigenvalue weighted by Crippen LogP contribution is -2.12. The molecule has 1 heterocycles. The number of rotatable bonds is 8. The van der Waals surface area contributed by atoms with Crippen molar-refractivity contribution in [2.45, 2.75) is 33.6 Å². The third kappa shape index (κ3) is 4.37. The molecule has 0 saturated heterocycles. The van der Waals surface area contributed by atoms with Gasteiger partial charge in [-0.05, 0) is 32.3 Å². The molecule has 1 rings (SSSR count). The van der Waals surface area contributed by atoms with Gasteiger partial charge >= 0.3 is 0 Å². The van der Waals surface area contributed by atoms with E-state index in [2.05, 4.69) is 47.6 Å². The Bertz CT molecular complexity index is 368. The fraction of sp³-hybridized carbons (Fsp3) is 0.692. The number of thioether (sulfide) groups is 1. The number of hydrogen-bond acceptors (Lipinski definition) is 5. The van der Waals surface area contributed by atoms with Crippen molar-refractivity contribution in [1.29, 1.82) is 0 Å². The molecule has 0 aliphatic carbocycles. The molecule has 0 amide bonds. The lowest BCUT2D eigenvalue weighted by molar-refractivity contribution is 0.908. The molecule has 1 aromatic heterocycles. The molecule has 0 atom stereocenters. The van der Waals surface area contributed by atoms with Crippen LogP contribution in [0.25, 0.3) is 0 Å². The minimum Gasteiger partial charge on any atom is -0.370 e. The van der Waals surface area contributed by atoms with E-state index in [0.29, 0.717) is 0 Å². The SMILES string of the molecule is CCNc1nc(CC)nc(NCCCSC)c1C. The van der Waals surface area contributed by atoms with Crippen LogP contribution in [0.3, 0.4) is 0 Å². The number of anilines is 2. The molecule has 102 valence electrons. The molecule has 0 spiro atoms. The molecule has 18 heavy (non-hydrogen) atoms. The van der Waals surface area contributed by atoms with E-state index in [-0.39, 0.29) is 0 Å². The molecule has 0 bridgehead atoms. The Labute approximate surface area is 114 Å². The van der Waals surface area contributed by atoms with Crippen LogP contribution in [-0.2, 0) is 6.42 Å². The number of aromatic nitrogens is 2. The Hall–Kier alpha value is -0.970. The van der Waals surface area contributed by atoms with Crippen molar-refractivity contribution in [3.8, 4) is 0 Å². The Balaban J connectivity index is 2.77. The lowest BCUT2D eigenvalue weighted by atomic mass is 10.2. The van der Waals surface area contributed by atoms with Crippen molar-refractivity contribution in [2.75, 3.05) is 35.7 Å². The first-order chi connectivity index (χ1) is 8.72. The molecular weight excluding hydrogens is 244 g/mol. The molecule has 0 saturated carbocycles. The van der Waals surface area contributed by atoms with E-state index in [0.717, 1.165) is 49.0 Å². The summed E-state index contributed by atoms with van der Waals surface area (Å²) < 4.78 is 0. The third-order valence-corrected chi connectivity index (χ3v) is 3.37. The summed E-state index contributed by atoms with van der Waals surface area (Å²) in [6, 6.07) is 0. The number of nitrogens with zero attached hydrogens (tertiary/aromatic N) is 2. The first-order valence-corrected chi connectivity index (χ1v) is 7.96. The molecule has 0 aromatic carbocycles. The van der Waals surface area contributed by atoms with Gasteiger partial charge in [0.15, 0.2) is 0 Å². The van der Waals surface area contributed by atoms with Crippen molar-refractivity contribution in [1.82, 2.24) is 9.97 Å². The van der Waals surface area contributed by atoms with E-state index in [9.17, 15) is 0 Å². The van der Waals surface area contributed by atoms with Crippen LogP contribution in [0.5, 0.6) is 0 Å². The van der Waals surface area contributed by atoms with E-state index < -0.39 is 0 Å². The van der Waals surface area contributed by atoms with Crippen molar-refractivity contribution in [3.63, 3.8) is 0 Å². The zero-order valence-electron chi connectivity index (χ0n) is 11.8. The fourth-order valence-corrected chi connectivity index (χ4v) is 2.09. The minimum absolute atomic E-state index is 0.859. The van der Waals surface area contributed by atoms with Gasteiger partial charge in [0.1, 0.15) is 17.5 Å². The van der Waals surface area contributed by atoms with Gasteiger partial charge in [0, 0.05) is 25.1 Å². The molecule has 0 aliphatic heterocycles. The Kier molecular flexibility index (Phi) is 6.86. The van der Waals surface area contributed by atoms with E-state index in [4.69, 9.17) is 0 Å². The van der Waals surface area contributed by atoms with Crippen molar-refractivity contribution in [3.05, 3.63) is 11.4 Å². The molecule has 4 nitrogen and oxygen atoms in total. The third-order valence-electron chi connectivity index (χ3n) is 2.67. The predicted octanol–water partition coefficient (Wildman–Crippen LogP) is 2.94. The Morgan fingerprint density at radius 1 is 1.11 bits per heavy atom. The van der Waals surface area contributed by atoms with Crippen LogP contribution in [-0.4, -0.2) is 35.1 Å². The van der Waals surface area contributed by atoms with Gasteiger partial charge in [0.25, 0.3) is 0 Å². The summed E-state index contributed by atoms with van der Waals surface area (Å²) in [4.78, 5) is 9.08. The Morgan fingerprint density at radius 3 is 2.33 bits per heavy atom. The van der Waals surface area contributed by atoms with Crippen molar-refractivity contribution in [2.24, 2.45) is 0 Å². The molecule has 0 fully saturated rings. The summed E-state index contributed by atoms with van der Waals surface area (Å²) in [6.07, 6.45) is 4.15. The minimum atomic E-state index is 0.859. The van der Waals surface area contributed by atoms with E-state index in [1.807, 2.05) is 11.8 Å². The molecule has 5 heteroatoms. The maximum atomic E-state index is 4.56.